The maximum Gasteiger partial charge on any atom is 0.256 e. The number of benzene rings is 1. The first-order valence-corrected chi connectivity index (χ1v) is 10.2. The summed E-state index contributed by atoms with van der Waals surface area (Å²) in [6.07, 6.45) is 5.47. The van der Waals surface area contributed by atoms with Gasteiger partial charge in [0.15, 0.2) is 0 Å². The number of pyridine rings is 1. The molecule has 1 saturated heterocycles. The number of nitrogens with zero attached hydrogens (tertiary/aromatic N) is 2. The number of carbonyl (C=O) groups excluding carboxylic acids is 1. The third kappa shape index (κ3) is 4.28. The molecular formula is C19H23N3O3S. The Kier molecular flexibility index (Phi) is 5.68. The zero-order chi connectivity index (χ0) is 18.6. The summed E-state index contributed by atoms with van der Waals surface area (Å²) in [7, 11) is -3.58. The first-order valence-electron chi connectivity index (χ1n) is 8.81. The molecular weight excluding hydrogens is 350 g/mol. The highest BCUT2D eigenvalue weighted by molar-refractivity contribution is 7.89. The van der Waals surface area contributed by atoms with E-state index in [1.165, 1.54) is 10.4 Å². The van der Waals surface area contributed by atoms with E-state index < -0.39 is 10.0 Å². The second-order valence-corrected chi connectivity index (χ2v) is 8.46. The van der Waals surface area contributed by atoms with E-state index in [1.54, 1.807) is 30.5 Å². The average Bonchev–Trinajstić information content (AvgIpc) is 2.92. The van der Waals surface area contributed by atoms with Gasteiger partial charge in [0.25, 0.3) is 5.91 Å². The summed E-state index contributed by atoms with van der Waals surface area (Å²) in [5, 5.41) is 2.71. The van der Waals surface area contributed by atoms with Crippen molar-refractivity contribution in [1.29, 1.82) is 0 Å². The number of sulfonamides is 1. The summed E-state index contributed by atoms with van der Waals surface area (Å²) < 4.78 is 27.3. The molecule has 1 fully saturated rings. The maximum atomic E-state index is 12.9. The Morgan fingerprint density at radius 1 is 1.08 bits per heavy atom. The lowest BCUT2D eigenvalue weighted by atomic mass is 10.2. The number of hydrogen-bond acceptors (Lipinski definition) is 4. The predicted molar refractivity (Wildman–Crippen MR) is 101 cm³/mol. The highest BCUT2D eigenvalue weighted by atomic mass is 32.2. The number of nitrogens with one attached hydrogen (secondary N) is 1. The number of carbonyl (C=O) groups is 1. The van der Waals surface area contributed by atoms with E-state index in [1.807, 2.05) is 13.0 Å². The van der Waals surface area contributed by atoms with E-state index in [9.17, 15) is 13.2 Å². The Labute approximate surface area is 154 Å². The lowest BCUT2D eigenvalue weighted by Crippen LogP contribution is -2.32. The Bertz CT molecular complexity index is 888. The van der Waals surface area contributed by atoms with Crippen LogP contribution in [0.15, 0.2) is 47.5 Å². The smallest absolute Gasteiger partial charge is 0.256 e. The van der Waals surface area contributed by atoms with Crippen molar-refractivity contribution < 1.29 is 13.2 Å². The van der Waals surface area contributed by atoms with Gasteiger partial charge in [-0.2, -0.15) is 4.31 Å². The van der Waals surface area contributed by atoms with Crippen LogP contribution in [0.2, 0.25) is 0 Å². The van der Waals surface area contributed by atoms with Crippen LogP contribution in [-0.2, 0) is 10.0 Å². The summed E-state index contributed by atoms with van der Waals surface area (Å²) in [5.74, 6) is 0.0618. The van der Waals surface area contributed by atoms with Crippen molar-refractivity contribution in [1.82, 2.24) is 9.29 Å². The van der Waals surface area contributed by atoms with E-state index in [0.717, 1.165) is 31.2 Å². The largest absolute Gasteiger partial charge is 0.307 e. The molecule has 26 heavy (non-hydrogen) atoms. The van der Waals surface area contributed by atoms with Gasteiger partial charge in [0.05, 0.1) is 4.90 Å². The number of aromatic nitrogens is 1. The third-order valence-electron chi connectivity index (χ3n) is 4.46. The minimum Gasteiger partial charge on any atom is -0.307 e. The zero-order valence-electron chi connectivity index (χ0n) is 14.8. The molecule has 1 aliphatic heterocycles. The van der Waals surface area contributed by atoms with Crippen LogP contribution in [0.25, 0.3) is 0 Å². The van der Waals surface area contributed by atoms with Crippen LogP contribution in [0.1, 0.15) is 41.6 Å². The molecule has 0 saturated carbocycles. The van der Waals surface area contributed by atoms with Gasteiger partial charge in [0, 0.05) is 24.8 Å². The van der Waals surface area contributed by atoms with Crippen molar-refractivity contribution in [3.63, 3.8) is 0 Å². The highest BCUT2D eigenvalue weighted by Gasteiger charge is 2.25. The first kappa shape index (κ1) is 18.5. The molecule has 0 aliphatic carbocycles. The van der Waals surface area contributed by atoms with Gasteiger partial charge in [-0.1, -0.05) is 18.9 Å². The van der Waals surface area contributed by atoms with Crippen molar-refractivity contribution in [3.8, 4) is 0 Å². The van der Waals surface area contributed by atoms with E-state index >= 15 is 0 Å². The van der Waals surface area contributed by atoms with Gasteiger partial charge < -0.3 is 5.32 Å². The lowest BCUT2D eigenvalue weighted by Gasteiger charge is -2.20. The monoisotopic (exact) mass is 373 g/mol. The topological polar surface area (TPSA) is 79.4 Å². The molecule has 2 heterocycles. The summed E-state index contributed by atoms with van der Waals surface area (Å²) in [4.78, 5) is 16.7. The molecule has 0 bridgehead atoms. The molecule has 1 aliphatic rings. The van der Waals surface area contributed by atoms with E-state index in [-0.39, 0.29) is 10.8 Å². The summed E-state index contributed by atoms with van der Waals surface area (Å²) in [6.45, 7) is 2.98. The molecule has 7 heteroatoms. The molecule has 2 aromatic rings. The van der Waals surface area contributed by atoms with Gasteiger partial charge in [0.1, 0.15) is 5.82 Å². The van der Waals surface area contributed by atoms with E-state index in [4.69, 9.17) is 0 Å². The molecule has 0 unspecified atom stereocenters. The molecule has 138 valence electrons. The van der Waals surface area contributed by atoms with Gasteiger partial charge in [-0.05, 0) is 55.7 Å². The molecule has 6 nitrogen and oxygen atoms in total. The second-order valence-electron chi connectivity index (χ2n) is 6.52. The average molecular weight is 373 g/mol. The SMILES string of the molecule is Cc1ccnc(NC(=O)c2cccc(S(=O)(=O)N3CCCCCC3)c2)c1. The van der Waals surface area contributed by atoms with Crippen molar-refractivity contribution in [2.24, 2.45) is 0 Å². The molecule has 1 aromatic heterocycles. The Hall–Kier alpha value is -2.25. The van der Waals surface area contributed by atoms with Gasteiger partial charge in [-0.25, -0.2) is 13.4 Å². The molecule has 1 aromatic carbocycles. The van der Waals surface area contributed by atoms with Crippen LogP contribution in [0.5, 0.6) is 0 Å². The van der Waals surface area contributed by atoms with Crippen molar-refractivity contribution >= 4 is 21.7 Å². The van der Waals surface area contributed by atoms with Crippen molar-refractivity contribution in [2.45, 2.75) is 37.5 Å². The second kappa shape index (κ2) is 7.97. The van der Waals surface area contributed by atoms with Crippen LogP contribution >= 0.6 is 0 Å². The van der Waals surface area contributed by atoms with Gasteiger partial charge >= 0.3 is 0 Å². The van der Waals surface area contributed by atoms with Gasteiger partial charge in [-0.3, -0.25) is 4.79 Å². The summed E-state index contributed by atoms with van der Waals surface area (Å²) in [6, 6.07) is 9.78. The Morgan fingerprint density at radius 3 is 2.50 bits per heavy atom. The maximum absolute atomic E-state index is 12.9. The lowest BCUT2D eigenvalue weighted by molar-refractivity contribution is 0.102. The minimum absolute atomic E-state index is 0.157. The van der Waals surface area contributed by atoms with Crippen molar-refractivity contribution in [2.75, 3.05) is 18.4 Å². The van der Waals surface area contributed by atoms with Crippen LogP contribution in [0.3, 0.4) is 0 Å². The number of aryl methyl sites for hydroxylation is 1. The number of amides is 1. The third-order valence-corrected chi connectivity index (χ3v) is 6.35. The molecule has 0 radical (unpaired) electrons. The number of rotatable bonds is 4. The molecule has 0 spiro atoms. The number of hydrogen-bond donors (Lipinski definition) is 1. The molecule has 3 rings (SSSR count). The molecule has 0 atom stereocenters. The quantitative estimate of drug-likeness (QED) is 0.892. The fourth-order valence-electron chi connectivity index (χ4n) is 3.02. The first-order chi connectivity index (χ1) is 12.5. The minimum atomic E-state index is -3.58. The van der Waals surface area contributed by atoms with Crippen LogP contribution in [-0.4, -0.2) is 36.7 Å². The normalized spacial score (nSPS) is 16.0. The van der Waals surface area contributed by atoms with Crippen LogP contribution in [0.4, 0.5) is 5.82 Å². The molecule has 1 amide bonds. The van der Waals surface area contributed by atoms with Gasteiger partial charge in [0.2, 0.25) is 10.0 Å². The Balaban J connectivity index is 1.82. The standard InChI is InChI=1S/C19H23N3O3S/c1-15-9-10-20-18(13-15)21-19(23)16-7-6-8-17(14-16)26(24,25)22-11-4-2-3-5-12-22/h6-10,13-14H,2-5,11-12H2,1H3,(H,20,21,23). The van der Waals surface area contributed by atoms with Crippen LogP contribution in [0, 0.1) is 6.92 Å². The number of anilines is 1. The van der Waals surface area contributed by atoms with Crippen LogP contribution < -0.4 is 5.32 Å². The van der Waals surface area contributed by atoms with Gasteiger partial charge in [-0.15, -0.1) is 0 Å². The highest BCUT2D eigenvalue weighted by Crippen LogP contribution is 2.21. The van der Waals surface area contributed by atoms with E-state index in [0.29, 0.717) is 24.5 Å². The molecule has 1 N–H and O–H groups in total. The fourth-order valence-corrected chi connectivity index (χ4v) is 4.59. The van der Waals surface area contributed by atoms with Crippen molar-refractivity contribution in [3.05, 3.63) is 53.7 Å². The fraction of sp³-hybridized carbons (Fsp3) is 0.368. The predicted octanol–water partition coefficient (Wildman–Crippen LogP) is 3.21. The summed E-state index contributed by atoms with van der Waals surface area (Å²) >= 11 is 0. The zero-order valence-corrected chi connectivity index (χ0v) is 15.6. The summed E-state index contributed by atoms with van der Waals surface area (Å²) in [5.41, 5.74) is 1.27. The van der Waals surface area contributed by atoms with E-state index in [2.05, 4.69) is 10.3 Å². The Morgan fingerprint density at radius 2 is 1.81 bits per heavy atom.